The molecule has 11 fully saturated rings. The summed E-state index contributed by atoms with van der Waals surface area (Å²) in [4.78, 5) is 7.74. The molecule has 7 heterocycles. The highest BCUT2D eigenvalue weighted by molar-refractivity contribution is 5.50. The average Bonchev–Trinajstić information content (AvgIpc) is 1.30. The Morgan fingerprint density at radius 2 is 0.432 bits per heavy atom. The fourth-order valence-corrected chi connectivity index (χ4v) is 25.6. The van der Waals surface area contributed by atoms with Crippen LogP contribution in [0.15, 0.2) is 121 Å². The molecule has 5 aromatic rings. The van der Waals surface area contributed by atoms with Crippen molar-refractivity contribution in [3.05, 3.63) is 160 Å². The van der Waals surface area contributed by atoms with Crippen LogP contribution in [0.25, 0.3) is 0 Å². The highest BCUT2D eigenvalue weighted by atomic mass is 15.4. The molecule has 842 valence electrons. The van der Waals surface area contributed by atoms with Gasteiger partial charge in [0.1, 0.15) is 13.1 Å². The van der Waals surface area contributed by atoms with Gasteiger partial charge in [-0.3, -0.25) is 0 Å². The molecule has 146 heavy (non-hydrogen) atoms. The quantitative estimate of drug-likeness (QED) is 0.0391. The van der Waals surface area contributed by atoms with Gasteiger partial charge in [0.2, 0.25) is 0 Å². The first-order valence-corrected chi connectivity index (χ1v) is 58.4. The van der Waals surface area contributed by atoms with Gasteiger partial charge in [-0.05, 0) is 243 Å². The Balaban J connectivity index is 0.000000440. The van der Waals surface area contributed by atoms with Crippen molar-refractivity contribution in [2.75, 3.05) is 280 Å². The largest absolute Gasteiger partial charge is 0.360 e. The predicted molar refractivity (Wildman–Crippen MR) is 652 cm³/mol. The molecule has 4 N–H and O–H groups in total. The molecular weight excluding hydrogens is 1780 g/mol. The Labute approximate surface area is 910 Å². The highest BCUT2D eigenvalue weighted by Crippen LogP contribution is 2.42. The molecule has 16 rings (SSSR count). The predicted octanol–water partition coefficient (Wildman–Crippen LogP) is 28.6. The number of likely N-dealkylation sites (N-methyl/N-ethyl adjacent to an activating group) is 7. The molecule has 4 aliphatic carbocycles. The van der Waals surface area contributed by atoms with Crippen LogP contribution >= 0.6 is 0 Å². The fraction of sp³-hybridized carbons (Fsp3) is 0.773. The smallest absolute Gasteiger partial charge is 0.104 e. The van der Waals surface area contributed by atoms with Crippen LogP contribution in [-0.2, 0) is 13.1 Å². The number of anilines is 3. The molecule has 7 saturated heterocycles. The second kappa shape index (κ2) is 65.0. The molecule has 5 aromatic carbocycles. The molecule has 14 nitrogen and oxygen atoms in total. The van der Waals surface area contributed by atoms with Gasteiger partial charge in [-0.2, -0.15) is 0 Å². The standard InChI is InChI=1S/C24H41N2.C24H35N2.C23H39N2.C15H31N2.C15H25N2.C14H29N2.C10H23N2.7CH4/c2*1-19(2)22-8-6-21(7-9-22)18-26(5)16-14-25(15-17-26)24-12-10-23(11-13-24)20(3)4;1-18(2)21-8-10-23(11-9-21)24-12-14-25(5,15-13-24)17-20-6-7-22(16-20)19(3)4;2*1-13(2)15-6-4-14(5-7-15)12-17(3)10-8-16-9-11-17;1-12(2)14-5-4-13(10-14)11-16(3)8-6-15-7-9-16;1-10(2)4-7-12(3)8-5-11-6-9-12;;;;;;;/h10-13,19-22H,6-9,14-18H2,1-5H3;6-13,19-20H,14-18H2,1-5H3;8-11,18-20,22H,6-7,12-17H2,1-5H3;13-16H,4-12H2,1-3H3;4-7,13,16H,8-12H2,1-3H3;12-15H,4-11H2,1-3H3;10-11H,4-9H2,1-3H3;7*1H4/q7*+1;;;;;;;. The number of quaternary nitrogens is 7. The third-order valence-electron chi connectivity index (χ3n) is 37.0. The van der Waals surface area contributed by atoms with E-state index in [2.05, 4.69) is 345 Å². The fourth-order valence-electron chi connectivity index (χ4n) is 25.6. The third-order valence-corrected chi connectivity index (χ3v) is 37.0. The van der Waals surface area contributed by atoms with E-state index in [0.717, 1.165) is 114 Å². The van der Waals surface area contributed by atoms with Crippen molar-refractivity contribution in [1.82, 2.24) is 21.3 Å². The summed E-state index contributed by atoms with van der Waals surface area (Å²) in [7, 11) is 17.1. The van der Waals surface area contributed by atoms with Crippen molar-refractivity contribution in [2.24, 2.45) is 76.9 Å². The van der Waals surface area contributed by atoms with E-state index in [0.29, 0.717) is 29.6 Å². The van der Waals surface area contributed by atoms with Crippen LogP contribution in [0.2, 0.25) is 0 Å². The third kappa shape index (κ3) is 44.9. The Hall–Kier alpha value is -4.94. The normalized spacial score (nSPS) is 24.2. The molecule has 0 aromatic heterocycles. The van der Waals surface area contributed by atoms with Gasteiger partial charge in [-0.25, -0.2) is 0 Å². The highest BCUT2D eigenvalue weighted by Gasteiger charge is 2.41. The van der Waals surface area contributed by atoms with E-state index in [-0.39, 0.29) is 52.0 Å². The second-order valence-electron chi connectivity index (χ2n) is 52.8. The van der Waals surface area contributed by atoms with E-state index in [9.17, 15) is 0 Å². The van der Waals surface area contributed by atoms with Crippen LogP contribution in [0.4, 0.5) is 17.1 Å². The van der Waals surface area contributed by atoms with Crippen LogP contribution in [0.5, 0.6) is 0 Å². The maximum atomic E-state index is 3.48. The lowest BCUT2D eigenvalue weighted by molar-refractivity contribution is -0.924. The molecule has 0 spiro atoms. The summed E-state index contributed by atoms with van der Waals surface area (Å²) in [6.07, 6.45) is 22.1. The first-order valence-electron chi connectivity index (χ1n) is 58.4. The van der Waals surface area contributed by atoms with Gasteiger partial charge in [-0.1, -0.05) is 275 Å². The molecule has 11 aliphatic rings. The van der Waals surface area contributed by atoms with E-state index in [4.69, 9.17) is 0 Å². The summed E-state index contributed by atoms with van der Waals surface area (Å²) >= 11 is 0. The minimum absolute atomic E-state index is 0. The Kier molecular flexibility index (Phi) is 60.2. The Morgan fingerprint density at radius 3 is 0.664 bits per heavy atom. The molecule has 4 saturated carbocycles. The average molecular weight is 2030 g/mol. The van der Waals surface area contributed by atoms with Crippen molar-refractivity contribution in [1.29, 1.82) is 0 Å². The maximum Gasteiger partial charge on any atom is 0.104 e. The van der Waals surface area contributed by atoms with Crippen LogP contribution in [0, 0.1) is 76.9 Å². The van der Waals surface area contributed by atoms with E-state index in [1.807, 2.05) is 0 Å². The number of nitrogens with zero attached hydrogens (tertiary/aromatic N) is 10. The van der Waals surface area contributed by atoms with Crippen molar-refractivity contribution >= 4 is 17.1 Å². The van der Waals surface area contributed by atoms with Crippen molar-refractivity contribution < 1.29 is 31.4 Å². The molecule has 0 bridgehead atoms. The molecule has 4 atom stereocenters. The summed E-state index contributed by atoms with van der Waals surface area (Å²) in [5, 5.41) is 13.8. The minimum atomic E-state index is 0. The second-order valence-corrected chi connectivity index (χ2v) is 52.8. The number of rotatable bonds is 27. The lowest BCUT2D eigenvalue weighted by Gasteiger charge is -2.45. The summed E-state index contributed by atoms with van der Waals surface area (Å²) in [6, 6.07) is 46.2. The molecule has 7 aliphatic heterocycles. The van der Waals surface area contributed by atoms with Crippen molar-refractivity contribution in [3.8, 4) is 0 Å². The lowest BCUT2D eigenvalue weighted by atomic mass is 9.76. The van der Waals surface area contributed by atoms with Gasteiger partial charge in [0.05, 0.1) is 213 Å². The van der Waals surface area contributed by atoms with E-state index in [1.54, 1.807) is 0 Å². The zero-order valence-corrected chi connectivity index (χ0v) is 95.8. The minimum Gasteiger partial charge on any atom is -0.360 e. The van der Waals surface area contributed by atoms with Gasteiger partial charge in [0, 0.05) is 104 Å². The molecule has 0 radical (unpaired) electrons. The van der Waals surface area contributed by atoms with Crippen LogP contribution in [0.3, 0.4) is 0 Å². The molecule has 0 amide bonds. The van der Waals surface area contributed by atoms with Crippen LogP contribution < -0.4 is 36.0 Å². The lowest BCUT2D eigenvalue weighted by Crippen LogP contribution is -2.59. The maximum absolute atomic E-state index is 3.48. The summed E-state index contributed by atoms with van der Waals surface area (Å²) in [5.41, 5.74) is 14.3. The molecular formula is C132H251N14+7. The van der Waals surface area contributed by atoms with Gasteiger partial charge >= 0.3 is 0 Å². The van der Waals surface area contributed by atoms with Crippen molar-refractivity contribution in [3.63, 3.8) is 0 Å². The monoisotopic (exact) mass is 2030 g/mol. The van der Waals surface area contributed by atoms with E-state index < -0.39 is 0 Å². The van der Waals surface area contributed by atoms with Crippen LogP contribution in [0.1, 0.15) is 355 Å². The van der Waals surface area contributed by atoms with Crippen molar-refractivity contribution in [2.45, 2.75) is 329 Å². The summed E-state index contributed by atoms with van der Waals surface area (Å²) in [6.45, 7) is 90.6. The van der Waals surface area contributed by atoms with Gasteiger partial charge in [0.15, 0.2) is 0 Å². The van der Waals surface area contributed by atoms with Gasteiger partial charge < -0.3 is 67.3 Å². The Bertz CT molecular complexity index is 4120. The van der Waals surface area contributed by atoms with E-state index >= 15 is 0 Å². The van der Waals surface area contributed by atoms with Crippen LogP contribution in [-0.4, -0.2) is 297 Å². The summed E-state index contributed by atoms with van der Waals surface area (Å²) < 4.78 is 8.82. The first kappa shape index (κ1) is 135. The molecule has 14 heteroatoms. The van der Waals surface area contributed by atoms with E-state index in [1.165, 1.54) is 376 Å². The van der Waals surface area contributed by atoms with Gasteiger partial charge in [-0.15, -0.1) is 0 Å². The topological polar surface area (TPSA) is 57.8 Å². The number of hydrogen-bond acceptors (Lipinski definition) is 7. The number of piperazine rings is 7. The summed E-state index contributed by atoms with van der Waals surface area (Å²) in [5.74, 6) is 15.5. The zero-order valence-electron chi connectivity index (χ0n) is 95.8. The zero-order chi connectivity index (χ0) is 101. The number of nitrogens with one attached hydrogen (secondary N) is 4. The SMILES string of the molecule is C.C.C.C.C.C.C.CC(C)C1CCC(C[N+]2(C)CCNCC2)C1.CC(C)C1CCC(C[N+]2(C)CCNCC2)CC1.CC(C)CC[N+]1(C)CCNCC1.CC(C)c1ccc(C[N+]2(C)CCN(c3ccc(C(C)C)cc3)CC2)cc1.CC(C)c1ccc(C[N+]2(C)CCNCC2)cc1.CC(C)c1ccc(N2CC[N+](C)(CC3CCC(C(C)C)C3)CC2)cc1.CC(C)c1ccc(N2CC[N+](C)(CC3CCC(C(C)C)CC3)CC2)cc1. The number of hydrogen-bond donors (Lipinski definition) is 4. The number of benzene rings is 5. The molecule has 4 unspecified atom stereocenters. The first-order chi connectivity index (χ1) is 66.0. The van der Waals surface area contributed by atoms with Gasteiger partial charge in [0.25, 0.3) is 0 Å². The Morgan fingerprint density at radius 1 is 0.233 bits per heavy atom.